The first-order valence-electron chi connectivity index (χ1n) is 29.3. The van der Waals surface area contributed by atoms with Gasteiger partial charge >= 0.3 is 0 Å². The second-order valence-corrected chi connectivity index (χ2v) is 25.8. The normalized spacial score (nSPS) is 12.7. The molecule has 83 heavy (non-hydrogen) atoms. The summed E-state index contributed by atoms with van der Waals surface area (Å²) >= 11 is 0. The second-order valence-electron chi connectivity index (χ2n) is 25.8. The summed E-state index contributed by atoms with van der Waals surface area (Å²) in [6.07, 6.45) is 0. The monoisotopic (exact) mass is 1080 g/mol. The maximum Gasteiger partial charge on any atom is 0.142 e. The van der Waals surface area contributed by atoms with E-state index in [9.17, 15) is 0 Å². The van der Waals surface area contributed by atoms with Crippen LogP contribution < -0.4 is 9.80 Å². The molecule has 0 saturated heterocycles. The molecule has 6 nitrogen and oxygen atoms in total. The second kappa shape index (κ2) is 18.4. The summed E-state index contributed by atoms with van der Waals surface area (Å²) in [4.78, 5) is 4.72. The van der Waals surface area contributed by atoms with Gasteiger partial charge in [0.2, 0.25) is 0 Å². The van der Waals surface area contributed by atoms with Crippen molar-refractivity contribution >= 4 is 143 Å². The fraction of sp³-hybridized carbons (Fsp3) is 0.195. The van der Waals surface area contributed by atoms with Crippen LogP contribution in [0.3, 0.4) is 0 Å². The van der Waals surface area contributed by atoms with Gasteiger partial charge in [-0.1, -0.05) is 142 Å². The van der Waals surface area contributed by atoms with Crippen LogP contribution in [0.2, 0.25) is 0 Å². The van der Waals surface area contributed by atoms with Crippen molar-refractivity contribution < 1.29 is 17.7 Å². The molecule has 0 aliphatic rings. The zero-order valence-electron chi connectivity index (χ0n) is 49.1. The van der Waals surface area contributed by atoms with E-state index in [0.29, 0.717) is 11.8 Å². The third-order valence-corrected chi connectivity index (χ3v) is 17.6. The molecular formula is C77H66N2O4. The standard InChI is InChI=1S/C77H66N2O4/c1-43(2)46-18-24-52(25-19-46)78(56-30-32-68-62(40-56)58-14-12-16-66(74(58)80-68)76(6,7)8)54-28-22-48-36-60-64-42-65-61-37-49-23-29-55(35-51(49)39-71(61)83-73(65)45(5)72(64)82-70(60)38-50(48)34-54)79(53-26-20-47(21-27-53)44(3)4)57-31-33-69-63(41-57)59-15-13-17-67(75(59)81-69)77(9,10)11/h12-44H,1-11H3. The number of hydrogen-bond donors (Lipinski definition) is 0. The highest BCUT2D eigenvalue weighted by molar-refractivity contribution is 6.20. The van der Waals surface area contributed by atoms with Crippen molar-refractivity contribution in [2.75, 3.05) is 9.80 Å². The minimum Gasteiger partial charge on any atom is -0.456 e. The fourth-order valence-electron chi connectivity index (χ4n) is 13.0. The number of furan rings is 4. The van der Waals surface area contributed by atoms with Crippen LogP contribution in [-0.2, 0) is 10.8 Å². The SMILES string of the molecule is Cc1c2oc3cc4cc(N(c5ccc(C(C)C)cc5)c5ccc6oc7c(C(C)(C)C)cccc7c6c5)ccc4cc3c2cc2c1oc1cc3cc(N(c4ccc(C(C)C)cc4)c4ccc5oc6c(C(C)(C)C)cccc6c5c4)ccc3cc12. The van der Waals surface area contributed by atoms with Gasteiger partial charge in [-0.2, -0.15) is 0 Å². The summed E-state index contributed by atoms with van der Waals surface area (Å²) in [5.41, 5.74) is 19.3. The molecule has 408 valence electrons. The number of fused-ring (bicyclic) bond motifs is 14. The third-order valence-electron chi connectivity index (χ3n) is 17.6. The van der Waals surface area contributed by atoms with Crippen molar-refractivity contribution in [3.05, 3.63) is 216 Å². The van der Waals surface area contributed by atoms with Gasteiger partial charge in [0, 0.05) is 93.9 Å². The summed E-state index contributed by atoms with van der Waals surface area (Å²) < 4.78 is 27.1. The Balaban J connectivity index is 0.822. The molecule has 11 aromatic carbocycles. The highest BCUT2D eigenvalue weighted by Gasteiger charge is 2.26. The van der Waals surface area contributed by atoms with Crippen LogP contribution in [0.25, 0.3) is 109 Å². The molecule has 0 aliphatic carbocycles. The number of rotatable bonds is 8. The third kappa shape index (κ3) is 8.20. The first-order valence-corrected chi connectivity index (χ1v) is 29.3. The van der Waals surface area contributed by atoms with E-state index in [0.717, 1.165) is 149 Å². The van der Waals surface area contributed by atoms with Crippen molar-refractivity contribution in [1.82, 2.24) is 0 Å². The topological polar surface area (TPSA) is 59.0 Å². The molecule has 4 heterocycles. The molecule has 0 spiro atoms. The summed E-state index contributed by atoms with van der Waals surface area (Å²) in [6.45, 7) is 24.6. The average Bonchev–Trinajstić information content (AvgIpc) is 2.86. The van der Waals surface area contributed by atoms with E-state index >= 15 is 0 Å². The molecule has 0 unspecified atom stereocenters. The summed E-state index contributed by atoms with van der Waals surface area (Å²) in [5, 5.41) is 13.2. The van der Waals surface area contributed by atoms with E-state index in [1.165, 1.54) is 22.3 Å². The molecule has 0 fully saturated rings. The van der Waals surface area contributed by atoms with Gasteiger partial charge in [0.1, 0.15) is 44.7 Å². The van der Waals surface area contributed by atoms with Crippen molar-refractivity contribution in [2.45, 2.75) is 98.8 Å². The molecule has 6 heteroatoms. The van der Waals surface area contributed by atoms with E-state index in [2.05, 4.69) is 274 Å². The smallest absolute Gasteiger partial charge is 0.142 e. The van der Waals surface area contributed by atoms with Gasteiger partial charge in [0.05, 0.1) is 0 Å². The van der Waals surface area contributed by atoms with Gasteiger partial charge in [-0.05, 0) is 178 Å². The zero-order valence-corrected chi connectivity index (χ0v) is 49.1. The number of benzene rings is 11. The van der Waals surface area contributed by atoms with Crippen molar-refractivity contribution in [3.63, 3.8) is 0 Å². The molecule has 0 N–H and O–H groups in total. The van der Waals surface area contributed by atoms with E-state index in [-0.39, 0.29) is 10.8 Å². The quantitative estimate of drug-likeness (QED) is 0.151. The highest BCUT2D eigenvalue weighted by atomic mass is 16.3. The number of nitrogens with zero attached hydrogens (tertiary/aromatic N) is 2. The Labute approximate surface area is 483 Å². The number of hydrogen-bond acceptors (Lipinski definition) is 6. The number of aryl methyl sites for hydroxylation is 1. The van der Waals surface area contributed by atoms with Crippen LogP contribution in [0.5, 0.6) is 0 Å². The maximum absolute atomic E-state index is 6.91. The largest absolute Gasteiger partial charge is 0.456 e. The van der Waals surface area contributed by atoms with Crippen LogP contribution in [0.15, 0.2) is 206 Å². The molecule has 0 amide bonds. The first kappa shape index (κ1) is 50.7. The number of anilines is 6. The van der Waals surface area contributed by atoms with Crippen molar-refractivity contribution in [1.29, 1.82) is 0 Å². The lowest BCUT2D eigenvalue weighted by Crippen LogP contribution is -2.11. The lowest BCUT2D eigenvalue weighted by Gasteiger charge is -2.26. The molecule has 0 saturated carbocycles. The van der Waals surface area contributed by atoms with Crippen LogP contribution in [0.1, 0.15) is 109 Å². The van der Waals surface area contributed by atoms with Crippen LogP contribution in [0.4, 0.5) is 34.1 Å². The summed E-state index contributed by atoms with van der Waals surface area (Å²) in [5.74, 6) is 0.847. The summed E-state index contributed by atoms with van der Waals surface area (Å²) in [6, 6.07) is 69.1. The lowest BCUT2D eigenvalue weighted by atomic mass is 9.86. The van der Waals surface area contributed by atoms with Gasteiger partial charge in [-0.25, -0.2) is 0 Å². The Morgan fingerprint density at radius 1 is 0.301 bits per heavy atom. The fourth-order valence-corrected chi connectivity index (χ4v) is 13.0. The van der Waals surface area contributed by atoms with E-state index in [4.69, 9.17) is 17.7 Å². The Hall–Kier alpha value is -9.26. The Morgan fingerprint density at radius 3 is 1.06 bits per heavy atom. The van der Waals surface area contributed by atoms with Gasteiger partial charge in [-0.3, -0.25) is 0 Å². The van der Waals surface area contributed by atoms with E-state index < -0.39 is 0 Å². The molecule has 0 bridgehead atoms. The average molecular weight is 1080 g/mol. The van der Waals surface area contributed by atoms with Crippen LogP contribution in [0, 0.1) is 6.92 Å². The molecule has 0 radical (unpaired) electrons. The number of para-hydroxylation sites is 2. The van der Waals surface area contributed by atoms with Gasteiger partial charge in [0.15, 0.2) is 0 Å². The van der Waals surface area contributed by atoms with Gasteiger partial charge in [0.25, 0.3) is 0 Å². The maximum atomic E-state index is 6.91. The molecular weight excluding hydrogens is 1020 g/mol. The van der Waals surface area contributed by atoms with E-state index in [1.54, 1.807) is 0 Å². The molecule has 15 rings (SSSR count). The van der Waals surface area contributed by atoms with Crippen molar-refractivity contribution in [2.24, 2.45) is 0 Å². The Bertz CT molecular complexity index is 4810. The Kier molecular flexibility index (Phi) is 11.2. The molecule has 0 aliphatic heterocycles. The minimum atomic E-state index is -0.0594. The molecule has 0 atom stereocenters. The highest BCUT2D eigenvalue weighted by Crippen LogP contribution is 2.47. The van der Waals surface area contributed by atoms with Gasteiger partial charge in [-0.15, -0.1) is 0 Å². The lowest BCUT2D eigenvalue weighted by molar-refractivity contribution is 0.572. The minimum absolute atomic E-state index is 0.0594. The molecule has 4 aromatic heterocycles. The van der Waals surface area contributed by atoms with Crippen LogP contribution >= 0.6 is 0 Å². The predicted octanol–water partition coefficient (Wildman–Crippen LogP) is 23.7. The zero-order chi connectivity index (χ0) is 57.0. The van der Waals surface area contributed by atoms with Crippen molar-refractivity contribution in [3.8, 4) is 0 Å². The van der Waals surface area contributed by atoms with Gasteiger partial charge < -0.3 is 27.5 Å². The molecule has 15 aromatic rings. The first-order chi connectivity index (χ1) is 39.9. The Morgan fingerprint density at radius 2 is 0.663 bits per heavy atom. The van der Waals surface area contributed by atoms with Crippen LogP contribution in [-0.4, -0.2) is 0 Å². The van der Waals surface area contributed by atoms with E-state index in [1.807, 2.05) is 0 Å². The predicted molar refractivity (Wildman–Crippen MR) is 350 cm³/mol. The summed E-state index contributed by atoms with van der Waals surface area (Å²) in [7, 11) is 0.